The van der Waals surface area contributed by atoms with Gasteiger partial charge in [-0.3, -0.25) is 9.89 Å². The molecule has 11 heteroatoms. The van der Waals surface area contributed by atoms with E-state index in [2.05, 4.69) is 33.4 Å². The van der Waals surface area contributed by atoms with Crippen LogP contribution in [0.3, 0.4) is 0 Å². The molecule has 4 aliphatic rings. The summed E-state index contributed by atoms with van der Waals surface area (Å²) >= 11 is 6.66. The number of dihydropyridines is 1. The number of piperazine rings is 1. The highest BCUT2D eigenvalue weighted by Gasteiger charge is 2.38. The van der Waals surface area contributed by atoms with Crippen LogP contribution < -0.4 is 5.32 Å². The molecule has 43 heavy (non-hydrogen) atoms. The van der Waals surface area contributed by atoms with E-state index in [1.54, 1.807) is 17.4 Å². The van der Waals surface area contributed by atoms with E-state index in [9.17, 15) is 9.59 Å². The van der Waals surface area contributed by atoms with Crippen molar-refractivity contribution in [2.24, 2.45) is 12.0 Å². The predicted molar refractivity (Wildman–Crippen MR) is 165 cm³/mol. The summed E-state index contributed by atoms with van der Waals surface area (Å²) in [5, 5.41) is 3.74. The van der Waals surface area contributed by atoms with Gasteiger partial charge in [0.15, 0.2) is 0 Å². The summed E-state index contributed by atoms with van der Waals surface area (Å²) in [6.07, 6.45) is 9.70. The number of hydrogen-bond acceptors (Lipinski definition) is 7. The van der Waals surface area contributed by atoms with E-state index in [0.29, 0.717) is 37.7 Å². The van der Waals surface area contributed by atoms with Crippen LogP contribution in [0.15, 0.2) is 53.4 Å². The van der Waals surface area contributed by atoms with Gasteiger partial charge in [0.25, 0.3) is 0 Å². The molecule has 2 aliphatic carbocycles. The number of aliphatic imine (C=N–C) groups is 1. The molecule has 2 unspecified atom stereocenters. The zero-order valence-electron chi connectivity index (χ0n) is 25.2. The number of allylic oxidation sites excluding steroid dienone is 1. The lowest BCUT2D eigenvalue weighted by Gasteiger charge is -2.40. The lowest BCUT2D eigenvalue weighted by Crippen LogP contribution is -2.52. The van der Waals surface area contributed by atoms with E-state index in [4.69, 9.17) is 26.1 Å². The van der Waals surface area contributed by atoms with E-state index >= 15 is 0 Å². The van der Waals surface area contributed by atoms with E-state index in [-0.39, 0.29) is 18.2 Å². The topological polar surface area (TPSA) is 101 Å². The number of aryl methyl sites for hydroxylation is 1. The van der Waals surface area contributed by atoms with Crippen molar-refractivity contribution >= 4 is 35.1 Å². The van der Waals surface area contributed by atoms with Gasteiger partial charge in [-0.05, 0) is 80.5 Å². The van der Waals surface area contributed by atoms with Gasteiger partial charge in [-0.15, -0.1) is 0 Å². The summed E-state index contributed by atoms with van der Waals surface area (Å²) in [6.45, 7) is 8.77. The Bertz CT molecular complexity index is 1490. The Kier molecular flexibility index (Phi) is 8.08. The first-order chi connectivity index (χ1) is 20.6. The van der Waals surface area contributed by atoms with E-state index < -0.39 is 17.7 Å². The third-order valence-corrected chi connectivity index (χ3v) is 8.35. The minimum absolute atomic E-state index is 0.0273. The molecule has 2 aliphatic heterocycles. The molecule has 2 amide bonds. The van der Waals surface area contributed by atoms with Gasteiger partial charge in [-0.2, -0.15) is 0 Å². The third kappa shape index (κ3) is 6.50. The van der Waals surface area contributed by atoms with Crippen LogP contribution in [0.4, 0.5) is 9.59 Å². The van der Waals surface area contributed by atoms with Gasteiger partial charge in [-0.25, -0.2) is 14.6 Å². The summed E-state index contributed by atoms with van der Waals surface area (Å²) in [7, 11) is 1.92. The smallest absolute Gasteiger partial charge is 0.410 e. The number of hydrogen-bond donors (Lipinski definition) is 1. The normalized spacial score (nSPS) is 21.4. The lowest BCUT2D eigenvalue weighted by molar-refractivity contribution is 0.0129. The number of nitrogens with zero attached hydrogens (tertiary/aromatic N) is 5. The fraction of sp³-hybridized carbons (Fsp3) is 0.500. The molecule has 1 aromatic carbocycles. The second kappa shape index (κ2) is 11.8. The van der Waals surface area contributed by atoms with E-state index in [1.807, 2.05) is 44.5 Å². The Morgan fingerprint density at radius 3 is 2.58 bits per heavy atom. The quantitative estimate of drug-likeness (QED) is 0.485. The SMILES string of the molecule is Cn1cncc1C(NC(=O)OC1CC1)C1=CC2=CCCN=C2C(N2CCN(C(=O)OC(C)(C)C)CC2)c2ccc(Cl)cc21. The van der Waals surface area contributed by atoms with Gasteiger partial charge in [0.2, 0.25) is 0 Å². The number of halogens is 1. The number of carbonyl (C=O) groups is 2. The number of fused-ring (bicyclic) bond motifs is 2. The van der Waals surface area contributed by atoms with Crippen LogP contribution >= 0.6 is 11.6 Å². The number of ether oxygens (including phenoxy) is 2. The summed E-state index contributed by atoms with van der Waals surface area (Å²) in [6, 6.07) is 5.26. The maximum atomic E-state index is 13.1. The van der Waals surface area contributed by atoms with Crippen LogP contribution in [0.25, 0.3) is 5.57 Å². The molecular formula is C32H39ClN6O4. The molecule has 2 aromatic rings. The summed E-state index contributed by atoms with van der Waals surface area (Å²) in [4.78, 5) is 39.5. The number of alkyl carbamates (subject to hydrolysis) is 1. The molecule has 2 fully saturated rings. The van der Waals surface area contributed by atoms with Gasteiger partial charge in [-0.1, -0.05) is 23.7 Å². The number of rotatable bonds is 5. The largest absolute Gasteiger partial charge is 0.446 e. The van der Waals surface area contributed by atoms with Crippen molar-refractivity contribution in [2.45, 2.75) is 63.8 Å². The number of amides is 2. The lowest BCUT2D eigenvalue weighted by atomic mass is 9.89. The number of benzene rings is 1. The maximum absolute atomic E-state index is 13.1. The van der Waals surface area contributed by atoms with Gasteiger partial charge >= 0.3 is 12.2 Å². The fourth-order valence-electron chi connectivity index (χ4n) is 5.93. The monoisotopic (exact) mass is 606 g/mol. The highest BCUT2D eigenvalue weighted by Crippen LogP contribution is 2.43. The molecule has 1 N–H and O–H groups in total. The molecular weight excluding hydrogens is 568 g/mol. The van der Waals surface area contributed by atoms with Crippen LogP contribution in [0, 0.1) is 0 Å². The molecule has 0 bridgehead atoms. The molecule has 1 saturated heterocycles. The summed E-state index contributed by atoms with van der Waals surface area (Å²) < 4.78 is 13.2. The van der Waals surface area contributed by atoms with Crippen molar-refractivity contribution in [1.82, 2.24) is 24.7 Å². The Balaban J connectivity index is 1.38. The van der Waals surface area contributed by atoms with Crippen LogP contribution in [0.2, 0.25) is 5.02 Å². The molecule has 1 aromatic heterocycles. The van der Waals surface area contributed by atoms with Crippen LogP contribution in [0.1, 0.15) is 68.9 Å². The van der Waals surface area contributed by atoms with Gasteiger partial charge < -0.3 is 24.3 Å². The highest BCUT2D eigenvalue weighted by molar-refractivity contribution is 6.30. The minimum atomic E-state index is -0.546. The second-order valence-corrected chi connectivity index (χ2v) is 13.0. The Hall–Kier alpha value is -3.63. The minimum Gasteiger partial charge on any atom is -0.446 e. The van der Waals surface area contributed by atoms with Gasteiger partial charge in [0, 0.05) is 44.8 Å². The molecule has 2 atom stereocenters. The summed E-state index contributed by atoms with van der Waals surface area (Å²) in [5.74, 6) is 0. The Labute approximate surface area is 257 Å². The van der Waals surface area contributed by atoms with Gasteiger partial charge in [0.05, 0.1) is 36.0 Å². The summed E-state index contributed by atoms with van der Waals surface area (Å²) in [5.41, 5.74) is 5.17. The van der Waals surface area contributed by atoms with Crippen LogP contribution in [-0.4, -0.2) is 81.7 Å². The zero-order valence-corrected chi connectivity index (χ0v) is 25.9. The standard InChI is InChI=1S/C32H39ClN6O4/c1-32(2,3)43-31(41)39-14-12-38(13-15-39)29-23-10-7-21(33)17-24(23)25(16-20-6-5-11-35-27(20)29)28(26-18-34-19-37(26)4)36-30(40)42-22-8-9-22/h6-7,10,16-19,22,28-29H,5,8-9,11-15H2,1-4H3,(H,36,40). The molecule has 3 heterocycles. The van der Waals surface area contributed by atoms with Crippen molar-refractivity contribution < 1.29 is 19.1 Å². The van der Waals surface area contributed by atoms with Crippen molar-refractivity contribution in [3.05, 3.63) is 70.3 Å². The first-order valence-corrected chi connectivity index (χ1v) is 15.4. The maximum Gasteiger partial charge on any atom is 0.410 e. The zero-order chi connectivity index (χ0) is 30.3. The van der Waals surface area contributed by atoms with Crippen molar-refractivity contribution in [3.63, 3.8) is 0 Å². The predicted octanol–water partition coefficient (Wildman–Crippen LogP) is 5.47. The van der Waals surface area contributed by atoms with Crippen molar-refractivity contribution in [1.29, 1.82) is 0 Å². The highest BCUT2D eigenvalue weighted by atomic mass is 35.5. The van der Waals surface area contributed by atoms with E-state index in [1.165, 1.54) is 0 Å². The van der Waals surface area contributed by atoms with Crippen LogP contribution in [0.5, 0.6) is 0 Å². The fourth-order valence-corrected chi connectivity index (χ4v) is 6.10. The first-order valence-electron chi connectivity index (χ1n) is 15.0. The molecule has 228 valence electrons. The average molecular weight is 607 g/mol. The number of carbonyl (C=O) groups excluding carboxylic acids is 2. The Morgan fingerprint density at radius 1 is 1.14 bits per heavy atom. The molecule has 0 spiro atoms. The molecule has 0 radical (unpaired) electrons. The second-order valence-electron chi connectivity index (χ2n) is 12.6. The molecule has 1 saturated carbocycles. The van der Waals surface area contributed by atoms with Crippen molar-refractivity contribution in [3.8, 4) is 0 Å². The number of aromatic nitrogens is 2. The number of nitrogens with one attached hydrogen (secondary N) is 1. The first kappa shape index (κ1) is 29.4. The van der Waals surface area contributed by atoms with Gasteiger partial charge in [0.1, 0.15) is 11.7 Å². The average Bonchev–Trinajstić information content (AvgIpc) is 3.70. The number of imidazole rings is 1. The molecule has 6 rings (SSSR count). The molecule has 10 nitrogen and oxygen atoms in total. The Morgan fingerprint density at radius 2 is 1.91 bits per heavy atom. The van der Waals surface area contributed by atoms with E-state index in [0.717, 1.165) is 52.9 Å². The van der Waals surface area contributed by atoms with Crippen molar-refractivity contribution in [2.75, 3.05) is 32.7 Å². The third-order valence-electron chi connectivity index (χ3n) is 8.11. The van der Waals surface area contributed by atoms with Crippen LogP contribution in [-0.2, 0) is 16.5 Å².